The van der Waals surface area contributed by atoms with Crippen LogP contribution in [-0.4, -0.2) is 112 Å². The van der Waals surface area contributed by atoms with Gasteiger partial charge >= 0.3 is 0 Å². The Morgan fingerprint density at radius 3 is 1.50 bits per heavy atom. The largest absolute Gasteiger partial charge is 0.355 e. The van der Waals surface area contributed by atoms with Gasteiger partial charge in [-0.15, -0.1) is 0 Å². The van der Waals surface area contributed by atoms with Gasteiger partial charge in [0.05, 0.1) is 0 Å². The molecule has 2 heterocycles. The van der Waals surface area contributed by atoms with Gasteiger partial charge in [-0.1, -0.05) is 21.6 Å². The lowest BCUT2D eigenvalue weighted by Gasteiger charge is -2.27. The van der Waals surface area contributed by atoms with Crippen molar-refractivity contribution in [1.29, 1.82) is 0 Å². The molecule has 2 aliphatic heterocycles. The summed E-state index contributed by atoms with van der Waals surface area (Å²) in [5, 5.41) is 12.7. The molecule has 4 N–H and O–H groups in total. The lowest BCUT2D eigenvalue weighted by Crippen LogP contribution is -2.46. The molecule has 0 saturated carbocycles. The highest BCUT2D eigenvalue weighted by Crippen LogP contribution is 2.23. The monoisotopic (exact) mass is 460 g/mol. The second kappa shape index (κ2) is 17.1. The van der Waals surface area contributed by atoms with Crippen molar-refractivity contribution in [2.24, 2.45) is 0 Å². The molecular formula is C20H40N6O2S2. The highest BCUT2D eigenvalue weighted by molar-refractivity contribution is 8.76. The van der Waals surface area contributed by atoms with E-state index in [2.05, 4.69) is 31.1 Å². The fourth-order valence-corrected chi connectivity index (χ4v) is 5.63. The Labute approximate surface area is 189 Å². The molecule has 0 radical (unpaired) electrons. The summed E-state index contributed by atoms with van der Waals surface area (Å²) >= 11 is 0. The van der Waals surface area contributed by atoms with Crippen molar-refractivity contribution in [2.75, 3.05) is 90.0 Å². The zero-order valence-electron chi connectivity index (χ0n) is 18.3. The zero-order chi connectivity index (χ0) is 21.3. The maximum absolute atomic E-state index is 11.9. The molecule has 0 spiro atoms. The molecule has 10 heteroatoms. The Morgan fingerprint density at radius 1 is 0.700 bits per heavy atom. The highest BCUT2D eigenvalue weighted by Gasteiger charge is 2.10. The maximum Gasteiger partial charge on any atom is 0.220 e. The summed E-state index contributed by atoms with van der Waals surface area (Å²) in [4.78, 5) is 28.5. The summed E-state index contributed by atoms with van der Waals surface area (Å²) in [6.07, 6.45) is 3.02. The van der Waals surface area contributed by atoms with Gasteiger partial charge in [-0.3, -0.25) is 19.4 Å². The Balaban J connectivity index is 1.30. The van der Waals surface area contributed by atoms with Crippen LogP contribution in [0.1, 0.15) is 25.7 Å². The quantitative estimate of drug-likeness (QED) is 0.200. The number of amides is 2. The molecule has 0 aromatic heterocycles. The minimum Gasteiger partial charge on any atom is -0.355 e. The van der Waals surface area contributed by atoms with Crippen molar-refractivity contribution in [2.45, 2.75) is 25.7 Å². The third-order valence-corrected chi connectivity index (χ3v) is 7.84. The third-order valence-electron chi connectivity index (χ3n) is 5.27. The Hall–Kier alpha value is -0.520. The Morgan fingerprint density at radius 2 is 1.10 bits per heavy atom. The van der Waals surface area contributed by atoms with Crippen molar-refractivity contribution in [1.82, 2.24) is 31.1 Å². The van der Waals surface area contributed by atoms with Gasteiger partial charge in [-0.05, 0) is 12.8 Å². The molecule has 2 aliphatic rings. The van der Waals surface area contributed by atoms with Crippen LogP contribution in [0.2, 0.25) is 0 Å². The molecule has 0 aromatic carbocycles. The smallest absolute Gasteiger partial charge is 0.220 e. The van der Waals surface area contributed by atoms with Crippen molar-refractivity contribution in [3.05, 3.63) is 0 Å². The number of hydrogen-bond donors (Lipinski definition) is 4. The first-order chi connectivity index (χ1) is 14.7. The molecule has 30 heavy (non-hydrogen) atoms. The van der Waals surface area contributed by atoms with E-state index in [0.717, 1.165) is 103 Å². The molecule has 2 amide bonds. The lowest BCUT2D eigenvalue weighted by atomic mass is 10.3. The van der Waals surface area contributed by atoms with Crippen molar-refractivity contribution < 1.29 is 9.59 Å². The van der Waals surface area contributed by atoms with Crippen molar-refractivity contribution in [3.63, 3.8) is 0 Å². The average Bonchev–Trinajstić information content (AvgIpc) is 2.77. The molecule has 0 aromatic rings. The number of piperazine rings is 2. The van der Waals surface area contributed by atoms with Crippen LogP contribution in [0.4, 0.5) is 0 Å². The van der Waals surface area contributed by atoms with Gasteiger partial charge in [0, 0.05) is 103 Å². The van der Waals surface area contributed by atoms with E-state index in [9.17, 15) is 9.59 Å². The van der Waals surface area contributed by atoms with E-state index < -0.39 is 0 Å². The Bertz CT molecular complexity index is 432. The van der Waals surface area contributed by atoms with Gasteiger partial charge < -0.3 is 21.3 Å². The molecule has 0 atom stereocenters. The zero-order valence-corrected chi connectivity index (χ0v) is 19.9. The SMILES string of the molecule is O=C(CCCSSCCCC(=O)NCCN1CCNCC1)NCCN1CCNCC1. The van der Waals surface area contributed by atoms with Crippen LogP contribution in [0.3, 0.4) is 0 Å². The number of nitrogens with zero attached hydrogens (tertiary/aromatic N) is 2. The van der Waals surface area contributed by atoms with Crippen LogP contribution in [0.25, 0.3) is 0 Å². The molecule has 0 aliphatic carbocycles. The summed E-state index contributed by atoms with van der Waals surface area (Å²) in [5.41, 5.74) is 0. The van der Waals surface area contributed by atoms with Gasteiger partial charge in [0.15, 0.2) is 0 Å². The van der Waals surface area contributed by atoms with Gasteiger partial charge in [0.25, 0.3) is 0 Å². The standard InChI is InChI=1S/C20H40N6O2S2/c27-19(23-9-15-25-11-5-21-6-12-25)3-1-17-29-30-18-2-4-20(28)24-10-16-26-13-7-22-8-14-26/h21-22H,1-18H2,(H,23,27)(H,24,28). The molecule has 2 saturated heterocycles. The first-order valence-electron chi connectivity index (χ1n) is 11.4. The lowest BCUT2D eigenvalue weighted by molar-refractivity contribution is -0.122. The summed E-state index contributed by atoms with van der Waals surface area (Å²) in [5.74, 6) is 2.28. The van der Waals surface area contributed by atoms with Crippen LogP contribution in [-0.2, 0) is 9.59 Å². The number of carbonyl (C=O) groups is 2. The second-order valence-electron chi connectivity index (χ2n) is 7.73. The summed E-state index contributed by atoms with van der Waals surface area (Å²) < 4.78 is 0. The van der Waals surface area contributed by atoms with E-state index in [1.807, 2.05) is 21.6 Å². The fraction of sp³-hybridized carbons (Fsp3) is 0.900. The molecule has 0 bridgehead atoms. The predicted octanol–water partition coefficient (Wildman–Crippen LogP) is -0.0290. The van der Waals surface area contributed by atoms with Gasteiger partial charge in [0.1, 0.15) is 0 Å². The van der Waals surface area contributed by atoms with Crippen LogP contribution in [0.15, 0.2) is 0 Å². The van der Waals surface area contributed by atoms with E-state index in [-0.39, 0.29) is 11.8 Å². The van der Waals surface area contributed by atoms with Crippen LogP contribution in [0.5, 0.6) is 0 Å². The van der Waals surface area contributed by atoms with Crippen LogP contribution in [0, 0.1) is 0 Å². The van der Waals surface area contributed by atoms with Crippen molar-refractivity contribution in [3.8, 4) is 0 Å². The summed E-state index contributed by atoms with van der Waals surface area (Å²) in [6.45, 7) is 11.9. The van der Waals surface area contributed by atoms with E-state index in [1.165, 1.54) is 0 Å². The van der Waals surface area contributed by atoms with Crippen LogP contribution >= 0.6 is 21.6 Å². The number of rotatable bonds is 15. The Kier molecular flexibility index (Phi) is 14.7. The summed E-state index contributed by atoms with van der Waals surface area (Å²) in [6, 6.07) is 0. The first kappa shape index (κ1) is 25.7. The molecule has 8 nitrogen and oxygen atoms in total. The molecule has 2 rings (SSSR count). The minimum absolute atomic E-state index is 0.160. The van der Waals surface area contributed by atoms with E-state index >= 15 is 0 Å². The minimum atomic E-state index is 0.160. The van der Waals surface area contributed by atoms with E-state index in [4.69, 9.17) is 0 Å². The number of carbonyl (C=O) groups excluding carboxylic acids is 2. The molecular weight excluding hydrogens is 420 g/mol. The summed E-state index contributed by atoms with van der Waals surface area (Å²) in [7, 11) is 3.61. The van der Waals surface area contributed by atoms with E-state index in [1.54, 1.807) is 0 Å². The normalized spacial score (nSPS) is 18.3. The van der Waals surface area contributed by atoms with Gasteiger partial charge in [-0.25, -0.2) is 0 Å². The van der Waals surface area contributed by atoms with Gasteiger partial charge in [0.2, 0.25) is 11.8 Å². The van der Waals surface area contributed by atoms with Crippen LogP contribution < -0.4 is 21.3 Å². The van der Waals surface area contributed by atoms with E-state index in [0.29, 0.717) is 12.8 Å². The van der Waals surface area contributed by atoms with Crippen molar-refractivity contribution >= 4 is 33.4 Å². The molecule has 2 fully saturated rings. The number of nitrogens with one attached hydrogen (secondary N) is 4. The topological polar surface area (TPSA) is 88.7 Å². The maximum atomic E-state index is 11.9. The molecule has 0 unspecified atom stereocenters. The highest BCUT2D eigenvalue weighted by atomic mass is 33.1. The second-order valence-corrected chi connectivity index (χ2v) is 10.4. The van der Waals surface area contributed by atoms with Gasteiger partial charge in [-0.2, -0.15) is 0 Å². The fourth-order valence-electron chi connectivity index (χ4n) is 3.45. The first-order valence-corrected chi connectivity index (χ1v) is 13.9. The molecule has 174 valence electrons. The average molecular weight is 461 g/mol. The third kappa shape index (κ3) is 13.0. The predicted molar refractivity (Wildman–Crippen MR) is 128 cm³/mol. The number of hydrogen-bond acceptors (Lipinski definition) is 8.